The normalized spacial score (nSPS) is 29.6. The van der Waals surface area contributed by atoms with Crippen LogP contribution in [0, 0.1) is 5.92 Å². The molecule has 2 rings (SSSR count). The van der Waals surface area contributed by atoms with Gasteiger partial charge in [0.2, 0.25) is 0 Å². The van der Waals surface area contributed by atoms with Crippen LogP contribution in [0.5, 0.6) is 0 Å². The molecule has 1 aliphatic heterocycles. The fourth-order valence-corrected chi connectivity index (χ4v) is 5.27. The molecule has 9 nitrogen and oxygen atoms in total. The van der Waals surface area contributed by atoms with Gasteiger partial charge in [-0.25, -0.2) is 9.78 Å². The Morgan fingerprint density at radius 3 is 2.55 bits per heavy atom. The quantitative estimate of drug-likeness (QED) is 0.228. The van der Waals surface area contributed by atoms with Crippen LogP contribution in [0.25, 0.3) is 6.08 Å². The van der Waals surface area contributed by atoms with Gasteiger partial charge in [-0.1, -0.05) is 49.0 Å². The predicted octanol–water partition coefficient (Wildman–Crippen LogP) is 2.79. The third kappa shape index (κ3) is 9.59. The number of nitrogens with zero attached hydrogens (tertiary/aromatic N) is 1. The molecule has 2 heterocycles. The highest BCUT2D eigenvalue weighted by molar-refractivity contribution is 7.09. The fourth-order valence-electron chi connectivity index (χ4n) is 4.35. The molecule has 0 spiro atoms. The molecule has 0 amide bonds. The maximum atomic E-state index is 13.1. The van der Waals surface area contributed by atoms with Crippen molar-refractivity contribution in [3.8, 4) is 0 Å². The van der Waals surface area contributed by atoms with Crippen LogP contribution in [0.1, 0.15) is 64.1 Å². The second-order valence-corrected chi connectivity index (χ2v) is 11.2. The number of hydrogen-bond acceptors (Lipinski definition) is 10. The molecular formula is C30H43NO8S. The van der Waals surface area contributed by atoms with Gasteiger partial charge >= 0.3 is 5.97 Å². The summed E-state index contributed by atoms with van der Waals surface area (Å²) in [7, 11) is 0. The van der Waals surface area contributed by atoms with E-state index in [1.54, 1.807) is 43.5 Å². The van der Waals surface area contributed by atoms with Gasteiger partial charge in [0.25, 0.3) is 0 Å². The van der Waals surface area contributed by atoms with Gasteiger partial charge in [0.05, 0.1) is 42.6 Å². The van der Waals surface area contributed by atoms with Crippen molar-refractivity contribution in [2.24, 2.45) is 5.92 Å². The lowest BCUT2D eigenvalue weighted by Crippen LogP contribution is -2.47. The van der Waals surface area contributed by atoms with Gasteiger partial charge < -0.3 is 35.4 Å². The van der Waals surface area contributed by atoms with Crippen molar-refractivity contribution in [1.29, 1.82) is 0 Å². The van der Waals surface area contributed by atoms with Gasteiger partial charge in [-0.15, -0.1) is 11.3 Å². The van der Waals surface area contributed by atoms with Crippen LogP contribution < -0.4 is 0 Å². The Morgan fingerprint density at radius 2 is 1.90 bits per heavy atom. The smallest absolute Gasteiger partial charge is 0.334 e. The first-order valence-corrected chi connectivity index (χ1v) is 14.3. The Hall–Kier alpha value is -2.44. The monoisotopic (exact) mass is 577 g/mol. The average molecular weight is 578 g/mol. The molecule has 0 aromatic carbocycles. The predicted molar refractivity (Wildman–Crippen MR) is 155 cm³/mol. The van der Waals surface area contributed by atoms with Crippen LogP contribution in [0.15, 0.2) is 58.6 Å². The van der Waals surface area contributed by atoms with E-state index in [9.17, 15) is 35.4 Å². The van der Waals surface area contributed by atoms with Crippen LogP contribution in [0.4, 0.5) is 0 Å². The lowest BCUT2D eigenvalue weighted by atomic mass is 9.87. The zero-order valence-corrected chi connectivity index (χ0v) is 24.5. The molecule has 40 heavy (non-hydrogen) atoms. The molecule has 0 aliphatic carbocycles. The minimum atomic E-state index is -1.51. The number of allylic oxidation sites excluding steroid dienone is 5. The minimum Gasteiger partial charge on any atom is -0.456 e. The van der Waals surface area contributed by atoms with E-state index in [0.29, 0.717) is 16.3 Å². The van der Waals surface area contributed by atoms with E-state index in [1.807, 2.05) is 19.9 Å². The summed E-state index contributed by atoms with van der Waals surface area (Å²) in [6, 6.07) is 0. The van der Waals surface area contributed by atoms with Crippen LogP contribution in [0.2, 0.25) is 0 Å². The van der Waals surface area contributed by atoms with Gasteiger partial charge in [0.15, 0.2) is 0 Å². The minimum absolute atomic E-state index is 0.0102. The van der Waals surface area contributed by atoms with Crippen LogP contribution >= 0.6 is 11.3 Å². The standard InChI is InChI=1S/C30H43NO8S/c1-6-17(2)12-18(3)26(36)20(5)28-27(37)24(34)11-9-7-8-10-22(33)14-25(35)23(15-32)29-31-21(16-40-29)13-19(4)30(38)39-28/h6-10,12-13,16,20,22-28,32-37H,11,14-15H2,1-5H3. The Labute approximate surface area is 240 Å². The lowest BCUT2D eigenvalue weighted by molar-refractivity contribution is -0.164. The molecule has 1 aromatic heterocycles. The topological polar surface area (TPSA) is 161 Å². The van der Waals surface area contributed by atoms with Gasteiger partial charge in [-0.2, -0.15) is 0 Å². The van der Waals surface area contributed by atoms with Crippen molar-refractivity contribution in [3.05, 3.63) is 69.3 Å². The second-order valence-electron chi connectivity index (χ2n) is 10.3. The number of aromatic nitrogens is 1. The van der Waals surface area contributed by atoms with Crippen LogP contribution in [-0.4, -0.2) is 84.8 Å². The summed E-state index contributed by atoms with van der Waals surface area (Å²) in [5, 5.41) is 65.7. The first kappa shape index (κ1) is 33.8. The Morgan fingerprint density at radius 1 is 1.20 bits per heavy atom. The van der Waals surface area contributed by atoms with Gasteiger partial charge in [-0.3, -0.25) is 0 Å². The molecule has 222 valence electrons. The average Bonchev–Trinajstić information content (AvgIpc) is 3.37. The zero-order valence-electron chi connectivity index (χ0n) is 23.7. The number of carbonyl (C=O) groups excluding carboxylic acids is 1. The maximum Gasteiger partial charge on any atom is 0.334 e. The highest BCUT2D eigenvalue weighted by Gasteiger charge is 2.37. The molecule has 1 aromatic rings. The molecule has 8 atom stereocenters. The number of thiazole rings is 1. The van der Waals surface area contributed by atoms with Crippen molar-refractivity contribution in [2.75, 3.05) is 6.61 Å². The number of ether oxygens (including phenoxy) is 1. The maximum absolute atomic E-state index is 13.1. The third-order valence-electron chi connectivity index (χ3n) is 7.01. The first-order chi connectivity index (χ1) is 18.9. The van der Waals surface area contributed by atoms with Crippen molar-refractivity contribution in [3.63, 3.8) is 0 Å². The van der Waals surface area contributed by atoms with Crippen molar-refractivity contribution in [2.45, 2.75) is 90.0 Å². The summed E-state index contributed by atoms with van der Waals surface area (Å²) >= 11 is 1.20. The largest absolute Gasteiger partial charge is 0.456 e. The van der Waals surface area contributed by atoms with Gasteiger partial charge in [0, 0.05) is 23.3 Å². The number of esters is 1. The Balaban J connectivity index is 2.47. The molecule has 0 saturated heterocycles. The number of rotatable bonds is 5. The zero-order chi connectivity index (χ0) is 30.0. The number of aliphatic hydroxyl groups is 6. The number of fused-ring (bicyclic) bond motifs is 2. The number of carbonyl (C=O) groups is 1. The summed E-state index contributed by atoms with van der Waals surface area (Å²) in [4.78, 5) is 17.5. The highest BCUT2D eigenvalue weighted by Crippen LogP contribution is 2.28. The SMILES string of the molecule is CC=C(C)C=C(C)C(O)C(C)C1OC(=O)C(C)=Cc2csc(n2)C(CO)C(O)CC(O)C=CC=CCC(O)C1O. The molecule has 8 unspecified atom stereocenters. The molecule has 10 heteroatoms. The molecule has 2 bridgehead atoms. The number of hydrogen-bond donors (Lipinski definition) is 6. The highest BCUT2D eigenvalue weighted by atomic mass is 32.1. The van der Waals surface area contributed by atoms with Crippen LogP contribution in [0.3, 0.4) is 0 Å². The first-order valence-electron chi connectivity index (χ1n) is 13.4. The molecule has 6 N–H and O–H groups in total. The fraction of sp³-hybridized carbons (Fsp3) is 0.533. The van der Waals surface area contributed by atoms with Gasteiger partial charge in [-0.05, 0) is 45.8 Å². The molecule has 1 aliphatic rings. The van der Waals surface area contributed by atoms with E-state index in [4.69, 9.17) is 4.74 Å². The van der Waals surface area contributed by atoms with Crippen molar-refractivity contribution in [1.82, 2.24) is 4.98 Å². The Bertz CT molecular complexity index is 1120. The summed E-state index contributed by atoms with van der Waals surface area (Å²) < 4.78 is 5.70. The van der Waals surface area contributed by atoms with E-state index in [-0.39, 0.29) is 25.0 Å². The van der Waals surface area contributed by atoms with E-state index in [1.165, 1.54) is 30.4 Å². The van der Waals surface area contributed by atoms with E-state index < -0.39 is 54.4 Å². The van der Waals surface area contributed by atoms with Crippen molar-refractivity contribution < 1.29 is 40.2 Å². The summed E-state index contributed by atoms with van der Waals surface area (Å²) in [5.74, 6) is -2.25. The van der Waals surface area contributed by atoms with Gasteiger partial charge in [0.1, 0.15) is 17.2 Å². The second kappa shape index (κ2) is 16.1. The molecule has 0 fully saturated rings. The molecule has 0 saturated carbocycles. The Kier molecular flexibility index (Phi) is 13.6. The van der Waals surface area contributed by atoms with E-state index >= 15 is 0 Å². The number of cyclic esters (lactones) is 1. The molecule has 0 radical (unpaired) electrons. The molecular weight excluding hydrogens is 534 g/mol. The van der Waals surface area contributed by atoms with Crippen LogP contribution in [-0.2, 0) is 9.53 Å². The van der Waals surface area contributed by atoms with Crippen molar-refractivity contribution >= 4 is 23.4 Å². The van der Waals surface area contributed by atoms with E-state index in [0.717, 1.165) is 5.57 Å². The summed E-state index contributed by atoms with van der Waals surface area (Å²) in [5.41, 5.74) is 2.12. The lowest BCUT2D eigenvalue weighted by Gasteiger charge is -2.33. The summed E-state index contributed by atoms with van der Waals surface area (Å²) in [6.07, 6.45) is 4.14. The van der Waals surface area contributed by atoms with E-state index in [2.05, 4.69) is 4.98 Å². The summed E-state index contributed by atoms with van der Waals surface area (Å²) in [6.45, 7) is 8.29. The third-order valence-corrected chi connectivity index (χ3v) is 8.01. The number of aliphatic hydroxyl groups excluding tert-OH is 6.